The molecule has 4 heteroatoms. The van der Waals surface area contributed by atoms with Crippen molar-refractivity contribution in [3.8, 4) is 0 Å². The van der Waals surface area contributed by atoms with E-state index in [1.807, 2.05) is 6.92 Å². The van der Waals surface area contributed by atoms with Gasteiger partial charge in [0.15, 0.2) is 5.82 Å². The van der Waals surface area contributed by atoms with Crippen LogP contribution in [0.3, 0.4) is 0 Å². The molecule has 0 saturated heterocycles. The van der Waals surface area contributed by atoms with Crippen molar-refractivity contribution in [3.05, 3.63) is 12.2 Å². The van der Waals surface area contributed by atoms with Crippen LogP contribution >= 0.6 is 22.6 Å². The lowest BCUT2D eigenvalue weighted by Crippen LogP contribution is -1.83. The molecule has 44 valence electrons. The minimum absolute atomic E-state index is 0.339. The van der Waals surface area contributed by atoms with Crippen LogP contribution in [-0.4, -0.2) is 10.1 Å². The van der Waals surface area contributed by atoms with Crippen LogP contribution < -0.4 is 0 Å². The molecular formula is C4H5IN2O. The van der Waals surface area contributed by atoms with Crippen LogP contribution in [0.25, 0.3) is 0 Å². The minimum atomic E-state index is 0.339. The zero-order valence-electron chi connectivity index (χ0n) is 4.34. The highest BCUT2D eigenvalue weighted by Gasteiger charge is 2.02. The van der Waals surface area contributed by atoms with Gasteiger partial charge in [-0.2, -0.15) is 4.98 Å². The molecule has 0 fully saturated rings. The summed E-state index contributed by atoms with van der Waals surface area (Å²) in [6.45, 7) is 2.01. The summed E-state index contributed by atoms with van der Waals surface area (Å²) in [5.74, 6) is 0.755. The Morgan fingerprint density at radius 2 is 2.62 bits per heavy atom. The van der Waals surface area contributed by atoms with Gasteiger partial charge in [0.05, 0.1) is 3.92 Å². The average molecular weight is 224 g/mol. The smallest absolute Gasteiger partial charge is 0.213 e. The molecule has 3 nitrogen and oxygen atoms in total. The van der Waals surface area contributed by atoms with Gasteiger partial charge < -0.3 is 4.52 Å². The molecule has 0 aliphatic heterocycles. The van der Waals surface area contributed by atoms with E-state index in [-0.39, 0.29) is 0 Å². The molecule has 1 aromatic heterocycles. The number of rotatable bonds is 1. The molecule has 0 aliphatic carbocycles. The first-order valence-electron chi connectivity index (χ1n) is 2.21. The van der Waals surface area contributed by atoms with E-state index in [2.05, 4.69) is 37.3 Å². The first-order valence-corrected chi connectivity index (χ1v) is 3.45. The third-order valence-electron chi connectivity index (χ3n) is 0.734. The number of nitrogens with zero attached hydrogens (tertiary/aromatic N) is 2. The zero-order valence-corrected chi connectivity index (χ0v) is 6.49. The van der Waals surface area contributed by atoms with Gasteiger partial charge in [-0.1, -0.05) is 27.7 Å². The molecule has 0 amide bonds. The standard InChI is InChI=1S/C4H5IN2O/c1-3(5)4-6-2-8-7-4/h2-3H,1H3. The second kappa shape index (κ2) is 2.43. The summed E-state index contributed by atoms with van der Waals surface area (Å²) < 4.78 is 4.85. The van der Waals surface area contributed by atoms with Crippen LogP contribution in [0.4, 0.5) is 0 Å². The Hall–Kier alpha value is -0.130. The minimum Gasteiger partial charge on any atom is -0.343 e. The Kier molecular flexibility index (Phi) is 1.82. The van der Waals surface area contributed by atoms with E-state index in [1.165, 1.54) is 6.39 Å². The molecule has 1 heterocycles. The van der Waals surface area contributed by atoms with Gasteiger partial charge in [0.1, 0.15) is 0 Å². The van der Waals surface area contributed by atoms with Crippen LogP contribution in [0, 0.1) is 0 Å². The SMILES string of the molecule is CC(I)c1ncon1. The molecule has 8 heavy (non-hydrogen) atoms. The summed E-state index contributed by atoms with van der Waals surface area (Å²) in [7, 11) is 0. The van der Waals surface area contributed by atoms with Gasteiger partial charge in [-0.15, -0.1) is 0 Å². The topological polar surface area (TPSA) is 38.9 Å². The Morgan fingerprint density at radius 3 is 2.88 bits per heavy atom. The highest BCUT2D eigenvalue weighted by atomic mass is 127. The van der Waals surface area contributed by atoms with Crippen LogP contribution in [-0.2, 0) is 0 Å². The van der Waals surface area contributed by atoms with Crippen LogP contribution in [0.15, 0.2) is 10.9 Å². The van der Waals surface area contributed by atoms with Gasteiger partial charge in [0.25, 0.3) is 0 Å². The molecule has 0 radical (unpaired) electrons. The van der Waals surface area contributed by atoms with Gasteiger partial charge in [0, 0.05) is 0 Å². The van der Waals surface area contributed by atoms with Crippen LogP contribution in [0.1, 0.15) is 16.7 Å². The van der Waals surface area contributed by atoms with Crippen molar-refractivity contribution < 1.29 is 4.52 Å². The first-order chi connectivity index (χ1) is 3.80. The average Bonchev–Trinajstić information content (AvgIpc) is 2.12. The van der Waals surface area contributed by atoms with Gasteiger partial charge in [-0.05, 0) is 6.92 Å². The third kappa shape index (κ3) is 1.18. The molecule has 0 saturated carbocycles. The lowest BCUT2D eigenvalue weighted by atomic mass is 10.5. The molecule has 0 spiro atoms. The molecule has 0 aliphatic rings. The summed E-state index contributed by atoms with van der Waals surface area (Å²) in [4.78, 5) is 3.83. The summed E-state index contributed by atoms with van der Waals surface area (Å²) in [6, 6.07) is 0. The summed E-state index contributed by atoms with van der Waals surface area (Å²) in [6.07, 6.45) is 1.34. The lowest BCUT2D eigenvalue weighted by molar-refractivity contribution is 0.411. The fourth-order valence-corrected chi connectivity index (χ4v) is 0.629. The molecule has 1 rings (SSSR count). The van der Waals surface area contributed by atoms with Crippen LogP contribution in [0.5, 0.6) is 0 Å². The van der Waals surface area contributed by atoms with E-state index >= 15 is 0 Å². The number of alkyl halides is 1. The van der Waals surface area contributed by atoms with E-state index in [1.54, 1.807) is 0 Å². The highest BCUT2D eigenvalue weighted by Crippen LogP contribution is 2.16. The van der Waals surface area contributed by atoms with Crippen molar-refractivity contribution in [2.24, 2.45) is 0 Å². The molecule has 1 unspecified atom stereocenters. The molecular weight excluding hydrogens is 219 g/mol. The highest BCUT2D eigenvalue weighted by molar-refractivity contribution is 14.1. The van der Waals surface area contributed by atoms with Gasteiger partial charge in [0.2, 0.25) is 6.39 Å². The quantitative estimate of drug-likeness (QED) is 0.536. The van der Waals surface area contributed by atoms with Crippen molar-refractivity contribution in [1.82, 2.24) is 10.1 Å². The molecule has 0 N–H and O–H groups in total. The van der Waals surface area contributed by atoms with Crippen LogP contribution in [0.2, 0.25) is 0 Å². The normalized spacial score (nSPS) is 13.8. The third-order valence-corrected chi connectivity index (χ3v) is 1.29. The summed E-state index contributed by atoms with van der Waals surface area (Å²) in [5.41, 5.74) is 0. The largest absolute Gasteiger partial charge is 0.343 e. The van der Waals surface area contributed by atoms with E-state index < -0.39 is 0 Å². The van der Waals surface area contributed by atoms with Crippen molar-refractivity contribution in [1.29, 1.82) is 0 Å². The molecule has 0 bridgehead atoms. The monoisotopic (exact) mass is 224 g/mol. The number of hydrogen-bond acceptors (Lipinski definition) is 3. The maximum atomic E-state index is 4.51. The van der Waals surface area contributed by atoms with E-state index in [0.717, 1.165) is 5.82 Å². The predicted molar refractivity (Wildman–Crippen MR) is 36.7 cm³/mol. The fraction of sp³-hybridized carbons (Fsp3) is 0.500. The van der Waals surface area contributed by atoms with Gasteiger partial charge >= 0.3 is 0 Å². The van der Waals surface area contributed by atoms with E-state index in [0.29, 0.717) is 3.92 Å². The van der Waals surface area contributed by atoms with E-state index in [4.69, 9.17) is 0 Å². The van der Waals surface area contributed by atoms with Crippen molar-refractivity contribution in [2.75, 3.05) is 0 Å². The fourth-order valence-electron chi connectivity index (χ4n) is 0.354. The Morgan fingerprint density at radius 1 is 1.88 bits per heavy atom. The second-order valence-corrected chi connectivity index (χ2v) is 3.27. The number of halogens is 1. The Labute approximate surface area is 60.6 Å². The maximum absolute atomic E-state index is 4.51. The molecule has 1 aromatic rings. The first kappa shape index (κ1) is 6.00. The van der Waals surface area contributed by atoms with Crippen molar-refractivity contribution in [2.45, 2.75) is 10.8 Å². The Balaban J connectivity index is 2.77. The van der Waals surface area contributed by atoms with Crippen molar-refractivity contribution in [3.63, 3.8) is 0 Å². The molecule has 1 atom stereocenters. The lowest BCUT2D eigenvalue weighted by Gasteiger charge is -1.88. The maximum Gasteiger partial charge on any atom is 0.213 e. The summed E-state index contributed by atoms with van der Waals surface area (Å²) >= 11 is 2.22. The Bertz CT molecular complexity index is 149. The van der Waals surface area contributed by atoms with Gasteiger partial charge in [-0.3, -0.25) is 0 Å². The molecule has 0 aromatic carbocycles. The predicted octanol–water partition coefficient (Wildman–Crippen LogP) is 1.57. The number of hydrogen-bond donors (Lipinski definition) is 0. The second-order valence-electron chi connectivity index (χ2n) is 1.41. The zero-order chi connectivity index (χ0) is 5.98. The van der Waals surface area contributed by atoms with Gasteiger partial charge in [-0.25, -0.2) is 0 Å². The number of aromatic nitrogens is 2. The van der Waals surface area contributed by atoms with Crippen molar-refractivity contribution >= 4 is 22.6 Å². The van der Waals surface area contributed by atoms with E-state index in [9.17, 15) is 0 Å². The summed E-state index contributed by atoms with van der Waals surface area (Å²) in [5, 5.41) is 3.62.